The number of nitrogens with zero attached hydrogens (tertiary/aromatic N) is 3. The van der Waals surface area contributed by atoms with Crippen molar-refractivity contribution in [2.45, 2.75) is 82.8 Å². The van der Waals surface area contributed by atoms with E-state index >= 15 is 0 Å². The summed E-state index contributed by atoms with van der Waals surface area (Å²) in [6, 6.07) is -0.508. The van der Waals surface area contributed by atoms with Crippen molar-refractivity contribution in [1.82, 2.24) is 14.7 Å². The minimum absolute atomic E-state index is 0.0431. The first kappa shape index (κ1) is 20.5. The molecule has 4 rings (SSSR count). The molecule has 0 bridgehead atoms. The molecule has 0 unspecified atom stereocenters. The summed E-state index contributed by atoms with van der Waals surface area (Å²) in [4.78, 5) is 14.7. The Morgan fingerprint density at radius 3 is 2.72 bits per heavy atom. The maximum atomic E-state index is 13.7. The number of nitrogens with one attached hydrogen (secondary N) is 1. The van der Waals surface area contributed by atoms with Crippen LogP contribution < -0.4 is 5.32 Å². The molecule has 2 fully saturated rings. The molecule has 0 aromatic carbocycles. The second kappa shape index (κ2) is 7.81. The summed E-state index contributed by atoms with van der Waals surface area (Å²) in [5, 5.41) is 7.60. The number of alkyl halides is 3. The average molecular weight is 414 g/mol. The van der Waals surface area contributed by atoms with Crippen molar-refractivity contribution < 1.29 is 22.7 Å². The molecule has 1 amide bonds. The third-order valence-electron chi connectivity index (χ3n) is 6.38. The second-order valence-corrected chi connectivity index (χ2v) is 8.73. The molecule has 1 N–H and O–H groups in total. The SMILES string of the molecule is CC(C)[C@@H]1C[C@H](C(F)(F)F)n2nc([C@H]3CCCCN3C(=O)[C@@H]3CCCO3)cc2N1. The number of rotatable bonds is 3. The van der Waals surface area contributed by atoms with Crippen molar-refractivity contribution in [3.63, 3.8) is 0 Å². The lowest BCUT2D eigenvalue weighted by Gasteiger charge is -2.36. The number of ether oxygens (including phenoxy) is 1. The molecule has 0 spiro atoms. The van der Waals surface area contributed by atoms with Crippen LogP contribution in [0, 0.1) is 5.92 Å². The third-order valence-corrected chi connectivity index (χ3v) is 6.38. The number of carbonyl (C=O) groups excluding carboxylic acids is 1. The number of fused-ring (bicyclic) bond motifs is 1. The summed E-state index contributed by atoms with van der Waals surface area (Å²) < 4.78 is 47.9. The number of hydrogen-bond acceptors (Lipinski definition) is 4. The fourth-order valence-corrected chi connectivity index (χ4v) is 4.68. The zero-order chi connectivity index (χ0) is 20.8. The van der Waals surface area contributed by atoms with Crippen molar-refractivity contribution in [3.05, 3.63) is 11.8 Å². The number of aromatic nitrogens is 2. The molecule has 3 aliphatic rings. The highest BCUT2D eigenvalue weighted by atomic mass is 19.4. The number of likely N-dealkylation sites (tertiary alicyclic amines) is 1. The van der Waals surface area contributed by atoms with E-state index in [1.807, 2.05) is 13.8 Å². The van der Waals surface area contributed by atoms with E-state index in [0.29, 0.717) is 37.5 Å². The van der Waals surface area contributed by atoms with E-state index in [1.165, 1.54) is 0 Å². The van der Waals surface area contributed by atoms with Crippen LogP contribution in [0.4, 0.5) is 19.0 Å². The molecule has 1 aromatic rings. The molecular weight excluding hydrogens is 385 g/mol. The van der Waals surface area contributed by atoms with Gasteiger partial charge in [0.05, 0.1) is 11.7 Å². The lowest BCUT2D eigenvalue weighted by atomic mass is 9.94. The van der Waals surface area contributed by atoms with E-state index in [4.69, 9.17) is 4.74 Å². The zero-order valence-electron chi connectivity index (χ0n) is 16.9. The fourth-order valence-electron chi connectivity index (χ4n) is 4.68. The van der Waals surface area contributed by atoms with E-state index in [9.17, 15) is 18.0 Å². The highest BCUT2D eigenvalue weighted by molar-refractivity contribution is 5.81. The predicted octanol–water partition coefficient (Wildman–Crippen LogP) is 4.06. The summed E-state index contributed by atoms with van der Waals surface area (Å²) in [7, 11) is 0. The molecule has 0 aliphatic carbocycles. The fraction of sp³-hybridized carbons (Fsp3) is 0.800. The third kappa shape index (κ3) is 3.98. The van der Waals surface area contributed by atoms with Gasteiger partial charge in [-0.2, -0.15) is 18.3 Å². The van der Waals surface area contributed by atoms with Gasteiger partial charge in [0.2, 0.25) is 0 Å². The molecular formula is C20H29F3N4O2. The van der Waals surface area contributed by atoms with Crippen LogP contribution in [0.1, 0.15) is 70.2 Å². The first-order valence-electron chi connectivity index (χ1n) is 10.6. The quantitative estimate of drug-likeness (QED) is 0.810. The van der Waals surface area contributed by atoms with Gasteiger partial charge in [0.25, 0.3) is 5.91 Å². The van der Waals surface area contributed by atoms with Gasteiger partial charge in [-0.25, -0.2) is 4.68 Å². The maximum absolute atomic E-state index is 13.7. The molecule has 6 nitrogen and oxygen atoms in total. The van der Waals surface area contributed by atoms with Gasteiger partial charge in [0.1, 0.15) is 11.9 Å². The Morgan fingerprint density at radius 1 is 1.28 bits per heavy atom. The Labute approximate surface area is 168 Å². The summed E-state index contributed by atoms with van der Waals surface area (Å²) >= 11 is 0. The Hall–Kier alpha value is -1.77. The number of amides is 1. The Bertz CT molecular complexity index is 743. The van der Waals surface area contributed by atoms with Gasteiger partial charge in [-0.15, -0.1) is 0 Å². The lowest BCUT2D eigenvalue weighted by Crippen LogP contribution is -2.44. The number of hydrogen-bond donors (Lipinski definition) is 1. The normalized spacial score (nSPS) is 30.3. The summed E-state index contributed by atoms with van der Waals surface area (Å²) in [6.45, 7) is 5.01. The maximum Gasteiger partial charge on any atom is 0.410 e. The van der Waals surface area contributed by atoms with Crippen LogP contribution in [0.2, 0.25) is 0 Å². The molecule has 3 aliphatic heterocycles. The van der Waals surface area contributed by atoms with Crippen molar-refractivity contribution in [2.75, 3.05) is 18.5 Å². The van der Waals surface area contributed by atoms with Crippen LogP contribution in [0.5, 0.6) is 0 Å². The predicted molar refractivity (Wildman–Crippen MR) is 101 cm³/mol. The standard InChI is InChI=1S/C20H29F3N4O2/c1-12(2)13-10-17(20(21,22)23)27-18(24-13)11-14(25-27)15-6-3-4-8-26(15)19(28)16-7-5-9-29-16/h11-13,15-17,24H,3-10H2,1-2H3/t13-,15+,16-,17+/m0/s1. The summed E-state index contributed by atoms with van der Waals surface area (Å²) in [5.41, 5.74) is 0.539. The van der Waals surface area contributed by atoms with Crippen LogP contribution in [0.25, 0.3) is 0 Å². The van der Waals surface area contributed by atoms with Gasteiger partial charge in [0, 0.05) is 25.3 Å². The number of anilines is 1. The molecule has 2 saturated heterocycles. The van der Waals surface area contributed by atoms with Crippen LogP contribution in [-0.2, 0) is 9.53 Å². The van der Waals surface area contributed by atoms with E-state index in [-0.39, 0.29) is 30.3 Å². The van der Waals surface area contributed by atoms with Crippen LogP contribution in [0.15, 0.2) is 6.07 Å². The lowest BCUT2D eigenvalue weighted by molar-refractivity contribution is -0.174. The number of piperidine rings is 1. The van der Waals surface area contributed by atoms with Crippen LogP contribution in [0.3, 0.4) is 0 Å². The molecule has 9 heteroatoms. The Balaban J connectivity index is 1.64. The highest BCUT2D eigenvalue weighted by Gasteiger charge is 2.47. The molecule has 29 heavy (non-hydrogen) atoms. The number of halogens is 3. The topological polar surface area (TPSA) is 59.4 Å². The van der Waals surface area contributed by atoms with Crippen molar-refractivity contribution in [1.29, 1.82) is 0 Å². The van der Waals surface area contributed by atoms with Gasteiger partial charge >= 0.3 is 6.18 Å². The largest absolute Gasteiger partial charge is 0.410 e. The molecule has 0 radical (unpaired) electrons. The van der Waals surface area contributed by atoms with Crippen molar-refractivity contribution >= 4 is 11.7 Å². The Kier molecular flexibility index (Phi) is 5.52. The average Bonchev–Trinajstić information content (AvgIpc) is 3.35. The van der Waals surface area contributed by atoms with Gasteiger partial charge in [-0.05, 0) is 44.4 Å². The minimum atomic E-state index is -4.37. The molecule has 1 aromatic heterocycles. The molecule has 0 saturated carbocycles. The molecule has 4 heterocycles. The van der Waals surface area contributed by atoms with Gasteiger partial charge in [-0.1, -0.05) is 13.8 Å². The van der Waals surface area contributed by atoms with E-state index in [2.05, 4.69) is 10.4 Å². The first-order valence-corrected chi connectivity index (χ1v) is 10.6. The van der Waals surface area contributed by atoms with Crippen LogP contribution in [-0.4, -0.2) is 52.1 Å². The molecule has 162 valence electrons. The first-order chi connectivity index (χ1) is 13.8. The Morgan fingerprint density at radius 2 is 2.07 bits per heavy atom. The molecule has 4 atom stereocenters. The summed E-state index contributed by atoms with van der Waals surface area (Å²) in [5.74, 6) is 0.403. The highest BCUT2D eigenvalue weighted by Crippen LogP contribution is 2.42. The summed E-state index contributed by atoms with van der Waals surface area (Å²) in [6.07, 6.45) is -0.755. The smallest absolute Gasteiger partial charge is 0.368 e. The number of carbonyl (C=O) groups is 1. The van der Waals surface area contributed by atoms with Gasteiger partial charge in [-0.3, -0.25) is 4.79 Å². The van der Waals surface area contributed by atoms with Gasteiger partial charge < -0.3 is 15.0 Å². The van der Waals surface area contributed by atoms with Crippen molar-refractivity contribution in [3.8, 4) is 0 Å². The van der Waals surface area contributed by atoms with E-state index in [1.54, 1.807) is 11.0 Å². The second-order valence-electron chi connectivity index (χ2n) is 8.73. The van der Waals surface area contributed by atoms with Crippen LogP contribution >= 0.6 is 0 Å². The monoisotopic (exact) mass is 414 g/mol. The van der Waals surface area contributed by atoms with E-state index in [0.717, 1.165) is 23.9 Å². The zero-order valence-corrected chi connectivity index (χ0v) is 16.9. The minimum Gasteiger partial charge on any atom is -0.368 e. The van der Waals surface area contributed by atoms with Gasteiger partial charge in [0.15, 0.2) is 6.04 Å². The van der Waals surface area contributed by atoms with Crippen molar-refractivity contribution in [2.24, 2.45) is 5.92 Å². The van der Waals surface area contributed by atoms with E-state index < -0.39 is 18.3 Å².